The van der Waals surface area contributed by atoms with E-state index >= 15 is 0 Å². The normalized spacial score (nSPS) is 16.3. The molecule has 0 saturated carbocycles. The summed E-state index contributed by atoms with van der Waals surface area (Å²) >= 11 is 0. The fraction of sp³-hybridized carbons (Fsp3) is 0.545. The zero-order chi connectivity index (χ0) is 21.3. The molecule has 1 unspecified atom stereocenters. The van der Waals surface area contributed by atoms with Crippen LogP contribution in [0.15, 0.2) is 38.3 Å². The molecular weight excluding hydrogens is 384 g/mol. The number of likely N-dealkylation sites (tertiary alicyclic amines) is 1. The molecule has 3 rings (SSSR count). The second kappa shape index (κ2) is 10.9. The number of nitrogens with zero attached hydrogens (tertiary/aromatic N) is 2. The minimum Gasteiger partial charge on any atom is -0.468 e. The number of piperidine rings is 1. The second-order valence-corrected chi connectivity index (χ2v) is 7.38. The van der Waals surface area contributed by atoms with Crippen molar-refractivity contribution in [2.75, 3.05) is 33.3 Å². The van der Waals surface area contributed by atoms with Crippen molar-refractivity contribution in [2.24, 2.45) is 4.99 Å². The molecule has 2 aromatic heterocycles. The SMILES string of the molecule is CCNC(=NCc1cc(C(=O)OC)c(C)o1)NCC(c1ccco1)N1CCCCC1. The maximum absolute atomic E-state index is 11.8. The number of carbonyl (C=O) groups is 1. The lowest BCUT2D eigenvalue weighted by Gasteiger charge is -2.33. The van der Waals surface area contributed by atoms with E-state index < -0.39 is 5.97 Å². The van der Waals surface area contributed by atoms with E-state index in [4.69, 9.17) is 13.6 Å². The van der Waals surface area contributed by atoms with Crippen molar-refractivity contribution >= 4 is 11.9 Å². The number of nitrogens with one attached hydrogen (secondary N) is 2. The number of methoxy groups -OCH3 is 1. The monoisotopic (exact) mass is 416 g/mol. The molecule has 0 aromatic carbocycles. The van der Waals surface area contributed by atoms with Gasteiger partial charge in [0.1, 0.15) is 29.4 Å². The van der Waals surface area contributed by atoms with E-state index in [1.165, 1.54) is 26.4 Å². The summed E-state index contributed by atoms with van der Waals surface area (Å²) in [5.74, 6) is 2.40. The highest BCUT2D eigenvalue weighted by molar-refractivity contribution is 5.90. The van der Waals surface area contributed by atoms with Crippen molar-refractivity contribution in [1.82, 2.24) is 15.5 Å². The molecule has 0 spiro atoms. The Hall–Kier alpha value is -2.74. The van der Waals surface area contributed by atoms with Crippen LogP contribution < -0.4 is 10.6 Å². The van der Waals surface area contributed by atoms with Gasteiger partial charge in [-0.05, 0) is 58.0 Å². The maximum atomic E-state index is 11.8. The number of guanidine groups is 1. The van der Waals surface area contributed by atoms with E-state index in [0.29, 0.717) is 36.1 Å². The molecule has 0 bridgehead atoms. The van der Waals surface area contributed by atoms with Gasteiger partial charge in [0.15, 0.2) is 5.96 Å². The van der Waals surface area contributed by atoms with Crippen molar-refractivity contribution in [3.05, 3.63) is 47.3 Å². The molecule has 1 fully saturated rings. The lowest BCUT2D eigenvalue weighted by Crippen LogP contribution is -2.44. The fourth-order valence-electron chi connectivity index (χ4n) is 3.75. The first kappa shape index (κ1) is 22.0. The maximum Gasteiger partial charge on any atom is 0.341 e. The number of aliphatic imine (C=N–C) groups is 1. The third-order valence-corrected chi connectivity index (χ3v) is 5.28. The van der Waals surface area contributed by atoms with Crippen LogP contribution in [0.25, 0.3) is 0 Å². The van der Waals surface area contributed by atoms with Gasteiger partial charge >= 0.3 is 5.97 Å². The quantitative estimate of drug-likeness (QED) is 0.388. The average Bonchev–Trinajstić information content (AvgIpc) is 3.42. The Morgan fingerprint density at radius 2 is 2.10 bits per heavy atom. The van der Waals surface area contributed by atoms with Gasteiger partial charge in [0.25, 0.3) is 0 Å². The van der Waals surface area contributed by atoms with Gasteiger partial charge in [0.05, 0.1) is 19.4 Å². The summed E-state index contributed by atoms with van der Waals surface area (Å²) in [6.07, 6.45) is 5.44. The molecule has 8 heteroatoms. The molecule has 1 atom stereocenters. The Morgan fingerprint density at radius 3 is 2.77 bits per heavy atom. The van der Waals surface area contributed by atoms with Crippen molar-refractivity contribution in [3.63, 3.8) is 0 Å². The highest BCUT2D eigenvalue weighted by Crippen LogP contribution is 2.24. The van der Waals surface area contributed by atoms with Crippen molar-refractivity contribution in [1.29, 1.82) is 0 Å². The molecule has 1 saturated heterocycles. The predicted molar refractivity (Wildman–Crippen MR) is 114 cm³/mol. The van der Waals surface area contributed by atoms with E-state index in [1.54, 1.807) is 19.3 Å². The first-order valence-corrected chi connectivity index (χ1v) is 10.6. The zero-order valence-electron chi connectivity index (χ0n) is 18.1. The third-order valence-electron chi connectivity index (χ3n) is 5.28. The topological polar surface area (TPSA) is 92.2 Å². The molecule has 0 radical (unpaired) electrons. The molecule has 164 valence electrons. The molecule has 1 aliphatic heterocycles. The summed E-state index contributed by atoms with van der Waals surface area (Å²) in [5, 5.41) is 6.70. The Kier molecular flexibility index (Phi) is 7.96. The first-order chi connectivity index (χ1) is 14.6. The van der Waals surface area contributed by atoms with Gasteiger partial charge in [-0.2, -0.15) is 0 Å². The van der Waals surface area contributed by atoms with Crippen LogP contribution in [0.1, 0.15) is 59.9 Å². The van der Waals surface area contributed by atoms with Gasteiger partial charge in [-0.1, -0.05) is 6.42 Å². The van der Waals surface area contributed by atoms with Crippen LogP contribution in [0, 0.1) is 6.92 Å². The Bertz CT molecular complexity index is 822. The summed E-state index contributed by atoms with van der Waals surface area (Å²) < 4.78 is 16.2. The van der Waals surface area contributed by atoms with Crippen molar-refractivity contribution in [2.45, 2.75) is 45.7 Å². The molecule has 0 amide bonds. The summed E-state index contributed by atoms with van der Waals surface area (Å²) in [6.45, 7) is 7.66. The number of hydrogen-bond donors (Lipinski definition) is 2. The Morgan fingerprint density at radius 1 is 1.30 bits per heavy atom. The lowest BCUT2D eigenvalue weighted by molar-refractivity contribution is 0.0599. The zero-order valence-corrected chi connectivity index (χ0v) is 18.1. The molecule has 8 nitrogen and oxygen atoms in total. The van der Waals surface area contributed by atoms with E-state index in [0.717, 1.165) is 25.4 Å². The van der Waals surface area contributed by atoms with Crippen LogP contribution >= 0.6 is 0 Å². The van der Waals surface area contributed by atoms with E-state index in [-0.39, 0.29) is 6.04 Å². The van der Waals surface area contributed by atoms with Crippen LogP contribution in [0.4, 0.5) is 0 Å². The molecule has 1 aliphatic rings. The number of esters is 1. The standard InChI is InChI=1S/C22H32N4O4/c1-4-23-22(24-14-17-13-18(16(2)30-17)21(27)28-3)25-15-19(20-9-8-12-29-20)26-10-6-5-7-11-26/h8-9,12-13,19H,4-7,10-11,14-15H2,1-3H3,(H2,23,24,25). The molecular formula is C22H32N4O4. The Labute approximate surface area is 177 Å². The molecule has 30 heavy (non-hydrogen) atoms. The van der Waals surface area contributed by atoms with Crippen LogP contribution in [-0.2, 0) is 11.3 Å². The van der Waals surface area contributed by atoms with Crippen LogP contribution in [0.5, 0.6) is 0 Å². The number of ether oxygens (including phenoxy) is 1. The number of rotatable bonds is 8. The van der Waals surface area contributed by atoms with Crippen LogP contribution in [0.3, 0.4) is 0 Å². The average molecular weight is 417 g/mol. The summed E-state index contributed by atoms with van der Waals surface area (Å²) in [4.78, 5) is 18.9. The molecule has 2 aromatic rings. The summed E-state index contributed by atoms with van der Waals surface area (Å²) in [5.41, 5.74) is 0.434. The predicted octanol–water partition coefficient (Wildman–Crippen LogP) is 3.25. The minimum atomic E-state index is -0.403. The highest BCUT2D eigenvalue weighted by Gasteiger charge is 2.24. The van der Waals surface area contributed by atoms with Gasteiger partial charge in [-0.3, -0.25) is 4.90 Å². The van der Waals surface area contributed by atoms with E-state index in [1.807, 2.05) is 19.1 Å². The fourth-order valence-corrected chi connectivity index (χ4v) is 3.75. The molecule has 0 aliphatic carbocycles. The second-order valence-electron chi connectivity index (χ2n) is 7.38. The smallest absolute Gasteiger partial charge is 0.341 e. The summed E-state index contributed by atoms with van der Waals surface area (Å²) in [6, 6.07) is 5.81. The van der Waals surface area contributed by atoms with Crippen molar-refractivity contribution < 1.29 is 18.4 Å². The summed E-state index contributed by atoms with van der Waals surface area (Å²) in [7, 11) is 1.36. The van der Waals surface area contributed by atoms with Gasteiger partial charge in [0, 0.05) is 13.1 Å². The number of hydrogen-bond acceptors (Lipinski definition) is 6. The van der Waals surface area contributed by atoms with E-state index in [9.17, 15) is 4.79 Å². The third kappa shape index (κ3) is 5.66. The Balaban J connectivity index is 1.67. The lowest BCUT2D eigenvalue weighted by atomic mass is 10.1. The van der Waals surface area contributed by atoms with E-state index in [2.05, 4.69) is 20.5 Å². The van der Waals surface area contributed by atoms with Gasteiger partial charge < -0.3 is 24.2 Å². The minimum absolute atomic E-state index is 0.154. The number of furan rings is 2. The largest absolute Gasteiger partial charge is 0.468 e. The van der Waals surface area contributed by atoms with Crippen LogP contribution in [0.2, 0.25) is 0 Å². The number of aryl methyl sites for hydroxylation is 1. The van der Waals surface area contributed by atoms with Gasteiger partial charge in [-0.25, -0.2) is 9.79 Å². The van der Waals surface area contributed by atoms with Crippen molar-refractivity contribution in [3.8, 4) is 0 Å². The first-order valence-electron chi connectivity index (χ1n) is 10.6. The van der Waals surface area contributed by atoms with Crippen LogP contribution in [-0.4, -0.2) is 50.1 Å². The van der Waals surface area contributed by atoms with Gasteiger partial charge in [-0.15, -0.1) is 0 Å². The number of carbonyl (C=O) groups excluding carboxylic acids is 1. The molecule has 2 N–H and O–H groups in total. The molecule has 3 heterocycles. The van der Waals surface area contributed by atoms with Gasteiger partial charge in [0.2, 0.25) is 0 Å². The highest BCUT2D eigenvalue weighted by atomic mass is 16.5.